The Morgan fingerprint density at radius 2 is 1.59 bits per heavy atom. The van der Waals surface area contributed by atoms with Gasteiger partial charge < -0.3 is 14.7 Å². The van der Waals surface area contributed by atoms with E-state index in [9.17, 15) is 14.3 Å². The van der Waals surface area contributed by atoms with Crippen LogP contribution < -0.4 is 9.64 Å². The highest BCUT2D eigenvalue weighted by atomic mass is 19.1. The summed E-state index contributed by atoms with van der Waals surface area (Å²) in [6, 6.07) is 27.6. The first-order chi connectivity index (χ1) is 16.5. The lowest BCUT2D eigenvalue weighted by atomic mass is 10.1. The van der Waals surface area contributed by atoms with Crippen molar-refractivity contribution in [3.8, 4) is 28.8 Å². The van der Waals surface area contributed by atoms with Crippen LogP contribution in [-0.4, -0.2) is 22.6 Å². The molecular formula is C27H20FN3O3. The van der Waals surface area contributed by atoms with Crippen molar-refractivity contribution in [2.45, 2.75) is 6.42 Å². The quantitative estimate of drug-likeness (QED) is 0.331. The van der Waals surface area contributed by atoms with Gasteiger partial charge in [0.15, 0.2) is 5.69 Å². The molecule has 0 saturated carbocycles. The van der Waals surface area contributed by atoms with Gasteiger partial charge in [-0.2, -0.15) is 5.26 Å². The van der Waals surface area contributed by atoms with Gasteiger partial charge in [-0.1, -0.05) is 18.2 Å². The lowest BCUT2D eigenvalue weighted by molar-refractivity contribution is 0.0690. The molecule has 6 nitrogen and oxygen atoms in total. The predicted molar refractivity (Wildman–Crippen MR) is 127 cm³/mol. The van der Waals surface area contributed by atoms with Crippen LogP contribution in [0.5, 0.6) is 11.5 Å². The minimum absolute atomic E-state index is 0.1000. The van der Waals surface area contributed by atoms with Crippen molar-refractivity contribution in [3.05, 3.63) is 103 Å². The summed E-state index contributed by atoms with van der Waals surface area (Å²) in [6.45, 7) is 0.396. The number of aromatic nitrogens is 1. The number of pyridine rings is 1. The largest absolute Gasteiger partial charge is 0.477 e. The van der Waals surface area contributed by atoms with Crippen molar-refractivity contribution >= 4 is 17.3 Å². The predicted octanol–water partition coefficient (Wildman–Crippen LogP) is 6.43. The van der Waals surface area contributed by atoms with Crippen LogP contribution in [0, 0.1) is 17.1 Å². The van der Waals surface area contributed by atoms with Gasteiger partial charge in [-0.15, -0.1) is 0 Å². The molecule has 168 valence electrons. The Morgan fingerprint density at radius 3 is 2.21 bits per heavy atom. The van der Waals surface area contributed by atoms with Gasteiger partial charge in [0.2, 0.25) is 0 Å². The number of carbonyl (C=O) groups is 1. The van der Waals surface area contributed by atoms with Gasteiger partial charge in [0.05, 0.1) is 18.2 Å². The van der Waals surface area contributed by atoms with Gasteiger partial charge in [0.25, 0.3) is 0 Å². The summed E-state index contributed by atoms with van der Waals surface area (Å²) in [4.78, 5) is 18.0. The molecule has 34 heavy (non-hydrogen) atoms. The van der Waals surface area contributed by atoms with Gasteiger partial charge in [0, 0.05) is 23.5 Å². The SMILES string of the molecule is N#CCCN(c1ccccc1)c1cc(C(=O)O)nc(-c2ccc(Oc3ccc(F)cc3)cc2)c1. The first-order valence-corrected chi connectivity index (χ1v) is 10.5. The standard InChI is InChI=1S/C27H20FN3O3/c28-20-9-13-24(14-10-20)34-23-11-7-19(8-12-23)25-17-22(18-26(30-25)27(32)33)31(16-4-15-29)21-5-2-1-3-6-21/h1-3,5-14,17-18H,4,16H2,(H,32,33). The molecule has 0 aliphatic heterocycles. The molecule has 0 fully saturated rings. The van der Waals surface area contributed by atoms with Crippen LogP contribution in [-0.2, 0) is 0 Å². The Hall–Kier alpha value is -4.70. The van der Waals surface area contributed by atoms with Crippen LogP contribution in [0.25, 0.3) is 11.3 Å². The van der Waals surface area contributed by atoms with Crippen LogP contribution in [0.2, 0.25) is 0 Å². The second-order valence-corrected chi connectivity index (χ2v) is 7.38. The van der Waals surface area contributed by atoms with Crippen molar-refractivity contribution in [2.75, 3.05) is 11.4 Å². The molecule has 0 radical (unpaired) electrons. The topological polar surface area (TPSA) is 86.5 Å². The van der Waals surface area contributed by atoms with Gasteiger partial charge in [0.1, 0.15) is 17.3 Å². The average molecular weight is 453 g/mol. The summed E-state index contributed by atoms with van der Waals surface area (Å²) in [5.41, 5.74) is 2.53. The molecule has 0 atom stereocenters. The second-order valence-electron chi connectivity index (χ2n) is 7.38. The van der Waals surface area contributed by atoms with E-state index in [2.05, 4.69) is 11.1 Å². The van der Waals surface area contributed by atoms with Crippen LogP contribution in [0.4, 0.5) is 15.8 Å². The molecule has 0 unspecified atom stereocenters. The minimum atomic E-state index is -1.15. The van der Waals surface area contributed by atoms with Gasteiger partial charge in [-0.25, -0.2) is 14.2 Å². The van der Waals surface area contributed by atoms with E-state index in [1.54, 1.807) is 30.3 Å². The van der Waals surface area contributed by atoms with E-state index in [0.29, 0.717) is 35.0 Å². The number of carboxylic acid groups (broad SMARTS) is 1. The molecule has 3 aromatic carbocycles. The molecule has 0 aliphatic carbocycles. The number of anilines is 2. The third-order valence-electron chi connectivity index (χ3n) is 5.06. The zero-order valence-corrected chi connectivity index (χ0v) is 18.1. The number of nitrogens with zero attached hydrogens (tertiary/aromatic N) is 3. The van der Waals surface area contributed by atoms with Crippen LogP contribution in [0.1, 0.15) is 16.9 Å². The molecular weight excluding hydrogens is 433 g/mol. The Kier molecular flexibility index (Phi) is 6.80. The maximum absolute atomic E-state index is 13.1. The summed E-state index contributed by atoms with van der Waals surface area (Å²) in [6.07, 6.45) is 0.268. The number of rotatable bonds is 8. The first-order valence-electron chi connectivity index (χ1n) is 10.5. The molecule has 1 heterocycles. The summed E-state index contributed by atoms with van der Waals surface area (Å²) in [5, 5.41) is 18.8. The van der Waals surface area contributed by atoms with E-state index in [0.717, 1.165) is 5.69 Å². The lowest BCUT2D eigenvalue weighted by Gasteiger charge is -2.25. The smallest absolute Gasteiger partial charge is 0.354 e. The number of halogens is 1. The van der Waals surface area contributed by atoms with E-state index in [-0.39, 0.29) is 17.9 Å². The van der Waals surface area contributed by atoms with Crippen molar-refractivity contribution in [1.82, 2.24) is 4.98 Å². The van der Waals surface area contributed by atoms with E-state index in [1.165, 1.54) is 30.3 Å². The molecule has 1 aromatic heterocycles. The van der Waals surface area contributed by atoms with Crippen molar-refractivity contribution < 1.29 is 19.0 Å². The molecule has 0 spiro atoms. The molecule has 0 aliphatic rings. The first kappa shape index (κ1) is 22.5. The van der Waals surface area contributed by atoms with Gasteiger partial charge in [-0.3, -0.25) is 0 Å². The highest BCUT2D eigenvalue weighted by Gasteiger charge is 2.16. The molecule has 0 saturated heterocycles. The Morgan fingerprint density at radius 1 is 0.941 bits per heavy atom. The highest BCUT2D eigenvalue weighted by molar-refractivity contribution is 5.88. The number of para-hydroxylation sites is 1. The van der Waals surface area contributed by atoms with Crippen molar-refractivity contribution in [3.63, 3.8) is 0 Å². The van der Waals surface area contributed by atoms with Crippen molar-refractivity contribution in [2.24, 2.45) is 0 Å². The average Bonchev–Trinajstić information content (AvgIpc) is 2.86. The Labute approximate surface area is 196 Å². The summed E-state index contributed by atoms with van der Waals surface area (Å²) >= 11 is 0. The molecule has 4 aromatic rings. The second kappa shape index (κ2) is 10.3. The zero-order valence-electron chi connectivity index (χ0n) is 18.1. The number of ether oxygens (including phenoxy) is 1. The number of carboxylic acids is 1. The van der Waals surface area contributed by atoms with E-state index >= 15 is 0 Å². The fourth-order valence-electron chi connectivity index (χ4n) is 3.44. The zero-order chi connectivity index (χ0) is 23.9. The van der Waals surface area contributed by atoms with E-state index in [1.807, 2.05) is 35.2 Å². The van der Waals surface area contributed by atoms with Crippen LogP contribution >= 0.6 is 0 Å². The monoisotopic (exact) mass is 453 g/mol. The third-order valence-corrected chi connectivity index (χ3v) is 5.06. The number of aromatic carboxylic acids is 1. The van der Waals surface area contributed by atoms with Crippen molar-refractivity contribution in [1.29, 1.82) is 5.26 Å². The Bertz CT molecular complexity index is 1320. The lowest BCUT2D eigenvalue weighted by Crippen LogP contribution is -2.19. The molecule has 0 amide bonds. The molecule has 4 rings (SSSR count). The fraction of sp³-hybridized carbons (Fsp3) is 0.0741. The summed E-state index contributed by atoms with van der Waals surface area (Å²) in [5.74, 6) is -0.446. The third kappa shape index (κ3) is 5.37. The van der Waals surface area contributed by atoms with Gasteiger partial charge in [-0.05, 0) is 72.8 Å². The number of nitriles is 1. The minimum Gasteiger partial charge on any atom is -0.477 e. The normalized spacial score (nSPS) is 10.4. The van der Waals surface area contributed by atoms with Crippen LogP contribution in [0.3, 0.4) is 0 Å². The highest BCUT2D eigenvalue weighted by Crippen LogP contribution is 2.31. The van der Waals surface area contributed by atoms with E-state index in [4.69, 9.17) is 10.00 Å². The maximum Gasteiger partial charge on any atom is 0.354 e. The number of benzene rings is 3. The molecule has 0 bridgehead atoms. The number of hydrogen-bond donors (Lipinski definition) is 1. The maximum atomic E-state index is 13.1. The van der Waals surface area contributed by atoms with Gasteiger partial charge >= 0.3 is 5.97 Å². The summed E-state index contributed by atoms with van der Waals surface area (Å²) in [7, 11) is 0. The molecule has 1 N–H and O–H groups in total. The summed E-state index contributed by atoms with van der Waals surface area (Å²) < 4.78 is 18.8. The Balaban J connectivity index is 1.68. The van der Waals surface area contributed by atoms with E-state index < -0.39 is 5.97 Å². The van der Waals surface area contributed by atoms with Crippen LogP contribution in [0.15, 0.2) is 91.0 Å². The number of hydrogen-bond acceptors (Lipinski definition) is 5. The molecule has 7 heteroatoms. The fourth-order valence-corrected chi connectivity index (χ4v) is 3.44.